The van der Waals surface area contributed by atoms with Crippen LogP contribution < -0.4 is 10.1 Å². The maximum atomic E-state index is 6.12. The van der Waals surface area contributed by atoms with Crippen molar-refractivity contribution in [2.24, 2.45) is 0 Å². The third kappa shape index (κ3) is 3.14. The number of hydrogen-bond acceptors (Lipinski definition) is 4. The van der Waals surface area contributed by atoms with E-state index >= 15 is 0 Å². The van der Waals surface area contributed by atoms with Crippen molar-refractivity contribution in [3.05, 3.63) is 40.1 Å². The Hall–Kier alpha value is -1.52. The molecule has 1 aromatic heterocycles. The van der Waals surface area contributed by atoms with E-state index in [0.29, 0.717) is 21.7 Å². The van der Waals surface area contributed by atoms with Gasteiger partial charge in [-0.15, -0.1) is 0 Å². The summed E-state index contributed by atoms with van der Waals surface area (Å²) in [7, 11) is 0. The third-order valence-electron chi connectivity index (χ3n) is 2.73. The van der Waals surface area contributed by atoms with Crippen molar-refractivity contribution in [1.82, 2.24) is 9.97 Å². The number of halogens is 2. The smallest absolute Gasteiger partial charge is 0.227 e. The third-order valence-corrected chi connectivity index (χ3v) is 3.53. The van der Waals surface area contributed by atoms with E-state index < -0.39 is 0 Å². The van der Waals surface area contributed by atoms with E-state index in [4.69, 9.17) is 27.9 Å². The summed E-state index contributed by atoms with van der Waals surface area (Å²) < 4.78 is 5.79. The first-order valence-electron chi connectivity index (χ1n) is 6.37. The summed E-state index contributed by atoms with van der Waals surface area (Å²) in [6, 6.07) is 5.24. The summed E-state index contributed by atoms with van der Waals surface area (Å²) in [5.74, 6) is 1.75. The average Bonchev–Trinajstić information content (AvgIpc) is 2.44. The Labute approximate surface area is 128 Å². The summed E-state index contributed by atoms with van der Waals surface area (Å²) >= 11 is 12.1. The van der Waals surface area contributed by atoms with E-state index in [0.717, 1.165) is 24.3 Å². The van der Waals surface area contributed by atoms with Gasteiger partial charge in [0.15, 0.2) is 0 Å². The first-order valence-corrected chi connectivity index (χ1v) is 7.12. The van der Waals surface area contributed by atoms with Gasteiger partial charge in [-0.25, -0.2) is 9.97 Å². The highest BCUT2D eigenvalue weighted by molar-refractivity contribution is 6.42. The van der Waals surface area contributed by atoms with Crippen LogP contribution in [0.2, 0.25) is 10.0 Å². The zero-order chi connectivity index (χ0) is 14.5. The van der Waals surface area contributed by atoms with Crippen molar-refractivity contribution in [2.75, 3.05) is 11.9 Å². The molecule has 0 amide bonds. The fraction of sp³-hybridized carbons (Fsp3) is 0.286. The molecule has 0 saturated carbocycles. The zero-order valence-electron chi connectivity index (χ0n) is 11.3. The Bertz CT molecular complexity index is 605. The van der Waals surface area contributed by atoms with E-state index in [2.05, 4.69) is 15.3 Å². The van der Waals surface area contributed by atoms with Gasteiger partial charge in [-0.05, 0) is 25.5 Å². The lowest BCUT2D eigenvalue weighted by molar-refractivity contribution is 0.456. The molecule has 2 aromatic rings. The van der Waals surface area contributed by atoms with Crippen LogP contribution in [-0.4, -0.2) is 16.5 Å². The molecule has 2 rings (SSSR count). The summed E-state index contributed by atoms with van der Waals surface area (Å²) in [6.07, 6.45) is 2.21. The molecule has 0 aliphatic heterocycles. The van der Waals surface area contributed by atoms with E-state index in [1.54, 1.807) is 18.2 Å². The molecular formula is C14H15Cl2N3O. The molecule has 0 aliphatic carbocycles. The number of benzene rings is 1. The van der Waals surface area contributed by atoms with Gasteiger partial charge in [0, 0.05) is 6.54 Å². The van der Waals surface area contributed by atoms with E-state index in [1.165, 1.54) is 6.33 Å². The lowest BCUT2D eigenvalue weighted by Gasteiger charge is -2.13. The molecule has 106 valence electrons. The maximum absolute atomic E-state index is 6.12. The molecule has 1 heterocycles. The topological polar surface area (TPSA) is 47.0 Å². The van der Waals surface area contributed by atoms with E-state index in [-0.39, 0.29) is 0 Å². The number of nitrogens with zero attached hydrogens (tertiary/aromatic N) is 2. The number of hydrogen-bond donors (Lipinski definition) is 1. The predicted octanol–water partition coefficient (Wildman–Crippen LogP) is 4.57. The highest BCUT2D eigenvalue weighted by Crippen LogP contribution is 2.35. The Morgan fingerprint density at radius 1 is 1.20 bits per heavy atom. The number of anilines is 1. The predicted molar refractivity (Wildman–Crippen MR) is 82.1 cm³/mol. The van der Waals surface area contributed by atoms with Crippen LogP contribution in [0.5, 0.6) is 11.6 Å². The zero-order valence-corrected chi connectivity index (χ0v) is 12.8. The molecule has 0 unspecified atom stereocenters. The fourth-order valence-electron chi connectivity index (χ4n) is 1.79. The number of nitrogens with one attached hydrogen (secondary N) is 1. The second-order valence-corrected chi connectivity index (χ2v) is 4.83. The second-order valence-electron chi connectivity index (χ2n) is 4.04. The lowest BCUT2D eigenvalue weighted by Crippen LogP contribution is -2.05. The molecule has 4 nitrogen and oxygen atoms in total. The van der Waals surface area contributed by atoms with Crippen molar-refractivity contribution in [3.8, 4) is 11.6 Å². The summed E-state index contributed by atoms with van der Waals surface area (Å²) in [5, 5.41) is 4.01. The van der Waals surface area contributed by atoms with Crippen LogP contribution in [0.3, 0.4) is 0 Å². The molecule has 0 saturated heterocycles. The quantitative estimate of drug-likeness (QED) is 0.878. The molecule has 6 heteroatoms. The van der Waals surface area contributed by atoms with Gasteiger partial charge in [0.05, 0.1) is 10.6 Å². The average molecular weight is 312 g/mol. The van der Waals surface area contributed by atoms with Crippen molar-refractivity contribution in [3.63, 3.8) is 0 Å². The van der Waals surface area contributed by atoms with Crippen molar-refractivity contribution >= 4 is 29.0 Å². The van der Waals surface area contributed by atoms with Gasteiger partial charge < -0.3 is 10.1 Å². The molecule has 1 aromatic carbocycles. The van der Waals surface area contributed by atoms with Gasteiger partial charge in [-0.1, -0.05) is 36.2 Å². The first kappa shape index (κ1) is 14.9. The molecule has 0 atom stereocenters. The minimum absolute atomic E-state index is 0.375. The van der Waals surface area contributed by atoms with Crippen LogP contribution in [-0.2, 0) is 6.42 Å². The SMILES string of the molecule is CCNc1ncnc(Oc2cccc(Cl)c2Cl)c1CC. The van der Waals surface area contributed by atoms with Gasteiger partial charge in [0.2, 0.25) is 5.88 Å². The standard InChI is InChI=1S/C14H15Cl2N3O/c1-3-9-13(17-4-2)18-8-19-14(9)20-11-7-5-6-10(15)12(11)16/h5-8H,3-4H2,1-2H3,(H,17,18,19). The summed E-state index contributed by atoms with van der Waals surface area (Å²) in [6.45, 7) is 4.81. The number of aromatic nitrogens is 2. The highest BCUT2D eigenvalue weighted by Gasteiger charge is 2.13. The lowest BCUT2D eigenvalue weighted by atomic mass is 10.2. The van der Waals surface area contributed by atoms with E-state index in [1.807, 2.05) is 13.8 Å². The molecule has 0 bridgehead atoms. The molecule has 0 spiro atoms. The van der Waals surface area contributed by atoms with Crippen LogP contribution in [0, 0.1) is 0 Å². The molecular weight excluding hydrogens is 297 g/mol. The first-order chi connectivity index (χ1) is 9.67. The van der Waals surface area contributed by atoms with Gasteiger partial charge in [-0.3, -0.25) is 0 Å². The van der Waals surface area contributed by atoms with Crippen molar-refractivity contribution < 1.29 is 4.74 Å². The van der Waals surface area contributed by atoms with Crippen LogP contribution in [0.15, 0.2) is 24.5 Å². The Balaban J connectivity index is 2.38. The molecule has 0 radical (unpaired) electrons. The Morgan fingerprint density at radius 2 is 2.00 bits per heavy atom. The molecule has 20 heavy (non-hydrogen) atoms. The second kappa shape index (κ2) is 6.77. The molecule has 0 fully saturated rings. The van der Waals surface area contributed by atoms with Crippen LogP contribution in [0.1, 0.15) is 19.4 Å². The fourth-order valence-corrected chi connectivity index (χ4v) is 2.12. The summed E-state index contributed by atoms with van der Waals surface area (Å²) in [5.41, 5.74) is 0.908. The van der Waals surface area contributed by atoms with Crippen molar-refractivity contribution in [1.29, 1.82) is 0 Å². The van der Waals surface area contributed by atoms with Crippen LogP contribution in [0.25, 0.3) is 0 Å². The monoisotopic (exact) mass is 311 g/mol. The van der Waals surface area contributed by atoms with Gasteiger partial charge in [0.25, 0.3) is 0 Å². The maximum Gasteiger partial charge on any atom is 0.227 e. The van der Waals surface area contributed by atoms with E-state index in [9.17, 15) is 0 Å². The van der Waals surface area contributed by atoms with Crippen LogP contribution in [0.4, 0.5) is 5.82 Å². The van der Waals surface area contributed by atoms with Crippen LogP contribution >= 0.6 is 23.2 Å². The highest BCUT2D eigenvalue weighted by atomic mass is 35.5. The minimum atomic E-state index is 0.375. The number of rotatable bonds is 5. The minimum Gasteiger partial charge on any atom is -0.437 e. The summed E-state index contributed by atoms with van der Waals surface area (Å²) in [4.78, 5) is 8.40. The van der Waals surface area contributed by atoms with Gasteiger partial charge in [0.1, 0.15) is 22.9 Å². The normalized spacial score (nSPS) is 10.4. The Kier molecular flexibility index (Phi) is 5.04. The molecule has 0 aliphatic rings. The largest absolute Gasteiger partial charge is 0.437 e. The number of ether oxygens (including phenoxy) is 1. The molecule has 1 N–H and O–H groups in total. The van der Waals surface area contributed by atoms with Crippen molar-refractivity contribution in [2.45, 2.75) is 20.3 Å². The van der Waals surface area contributed by atoms with Gasteiger partial charge in [-0.2, -0.15) is 0 Å². The Morgan fingerprint density at radius 3 is 2.70 bits per heavy atom. The van der Waals surface area contributed by atoms with Gasteiger partial charge >= 0.3 is 0 Å².